The molecule has 0 aromatic rings. The van der Waals surface area contributed by atoms with Crippen LogP contribution in [-0.4, -0.2) is 19.8 Å². The van der Waals surface area contributed by atoms with E-state index in [1.165, 1.54) is 7.11 Å². The molecule has 1 atom stereocenters. The molecule has 0 fully saturated rings. The fourth-order valence-electron chi connectivity index (χ4n) is 0.787. The zero-order chi connectivity index (χ0) is 7.98. The van der Waals surface area contributed by atoms with Crippen LogP contribution in [0.1, 0.15) is 19.8 Å². The number of carbonyl (C=O) groups is 1. The first kappa shape index (κ1) is 9.40. The first-order valence-corrected chi connectivity index (χ1v) is 3.40. The van der Waals surface area contributed by atoms with E-state index in [0.29, 0.717) is 6.42 Å². The molecule has 60 valence electrons. The molecule has 0 aliphatic rings. The molecule has 2 nitrogen and oxygen atoms in total. The molecule has 0 radical (unpaired) electrons. The van der Waals surface area contributed by atoms with E-state index in [-0.39, 0.29) is 18.3 Å². The molecule has 0 spiro atoms. The SMILES string of the molecule is CCC(CCF)C(=O)OC. The van der Waals surface area contributed by atoms with Crippen LogP contribution in [0.3, 0.4) is 0 Å². The Morgan fingerprint density at radius 1 is 1.70 bits per heavy atom. The van der Waals surface area contributed by atoms with Crippen molar-refractivity contribution < 1.29 is 13.9 Å². The van der Waals surface area contributed by atoms with Gasteiger partial charge in [0.25, 0.3) is 0 Å². The average molecular weight is 148 g/mol. The molecule has 0 heterocycles. The Balaban J connectivity index is 3.68. The molecule has 0 aromatic heterocycles. The lowest BCUT2D eigenvalue weighted by Gasteiger charge is -2.08. The second kappa shape index (κ2) is 5.21. The lowest BCUT2D eigenvalue weighted by atomic mass is 10.0. The minimum absolute atomic E-state index is 0.255. The van der Waals surface area contributed by atoms with Gasteiger partial charge in [0.1, 0.15) is 0 Å². The van der Waals surface area contributed by atoms with E-state index < -0.39 is 6.67 Å². The summed E-state index contributed by atoms with van der Waals surface area (Å²) in [6, 6.07) is 0. The highest BCUT2D eigenvalue weighted by atomic mass is 19.1. The third-order valence-electron chi connectivity index (χ3n) is 1.48. The number of esters is 1. The van der Waals surface area contributed by atoms with Crippen molar-refractivity contribution in [3.63, 3.8) is 0 Å². The minimum atomic E-state index is -0.451. The molecule has 0 amide bonds. The van der Waals surface area contributed by atoms with Crippen LogP contribution in [0.15, 0.2) is 0 Å². The molecule has 0 N–H and O–H groups in total. The van der Waals surface area contributed by atoms with E-state index in [1.54, 1.807) is 0 Å². The normalized spacial score (nSPS) is 12.7. The Hall–Kier alpha value is -0.600. The first-order chi connectivity index (χ1) is 4.76. The molecule has 0 aromatic carbocycles. The fourth-order valence-corrected chi connectivity index (χ4v) is 0.787. The van der Waals surface area contributed by atoms with E-state index in [9.17, 15) is 9.18 Å². The van der Waals surface area contributed by atoms with Crippen molar-refractivity contribution >= 4 is 5.97 Å². The summed E-state index contributed by atoms with van der Waals surface area (Å²) < 4.78 is 16.2. The molecule has 0 aliphatic carbocycles. The highest BCUT2D eigenvalue weighted by Gasteiger charge is 2.15. The van der Waals surface area contributed by atoms with Gasteiger partial charge in [-0.3, -0.25) is 9.18 Å². The van der Waals surface area contributed by atoms with Gasteiger partial charge < -0.3 is 4.74 Å². The number of hydrogen-bond acceptors (Lipinski definition) is 2. The van der Waals surface area contributed by atoms with Crippen LogP contribution in [-0.2, 0) is 9.53 Å². The summed E-state index contributed by atoms with van der Waals surface area (Å²) in [5.74, 6) is -0.560. The Morgan fingerprint density at radius 2 is 2.30 bits per heavy atom. The molecular weight excluding hydrogens is 135 g/mol. The van der Waals surface area contributed by atoms with E-state index in [2.05, 4.69) is 4.74 Å². The van der Waals surface area contributed by atoms with E-state index in [1.807, 2.05) is 6.92 Å². The highest BCUT2D eigenvalue weighted by Crippen LogP contribution is 2.09. The van der Waals surface area contributed by atoms with Gasteiger partial charge in [-0.1, -0.05) is 6.92 Å². The molecule has 10 heavy (non-hydrogen) atoms. The molecular formula is C7H13FO2. The zero-order valence-electron chi connectivity index (χ0n) is 6.39. The third-order valence-corrected chi connectivity index (χ3v) is 1.48. The van der Waals surface area contributed by atoms with Crippen molar-refractivity contribution in [2.45, 2.75) is 19.8 Å². The lowest BCUT2D eigenvalue weighted by Crippen LogP contribution is -2.15. The summed E-state index contributed by atoms with van der Waals surface area (Å²) >= 11 is 0. The highest BCUT2D eigenvalue weighted by molar-refractivity contribution is 5.72. The second-order valence-corrected chi connectivity index (χ2v) is 2.11. The zero-order valence-corrected chi connectivity index (χ0v) is 6.39. The van der Waals surface area contributed by atoms with Crippen LogP contribution in [0.5, 0.6) is 0 Å². The molecule has 0 saturated heterocycles. The molecule has 0 bridgehead atoms. The summed E-state index contributed by atoms with van der Waals surface area (Å²) in [4.78, 5) is 10.7. The fraction of sp³-hybridized carbons (Fsp3) is 0.857. The predicted molar refractivity (Wildman–Crippen MR) is 36.4 cm³/mol. The van der Waals surface area contributed by atoms with Gasteiger partial charge in [-0.2, -0.15) is 0 Å². The van der Waals surface area contributed by atoms with E-state index >= 15 is 0 Å². The first-order valence-electron chi connectivity index (χ1n) is 3.40. The van der Waals surface area contributed by atoms with Gasteiger partial charge in [0.05, 0.1) is 19.7 Å². The van der Waals surface area contributed by atoms with Crippen LogP contribution < -0.4 is 0 Å². The van der Waals surface area contributed by atoms with Crippen LogP contribution in [0.25, 0.3) is 0 Å². The maximum atomic E-state index is 11.7. The van der Waals surface area contributed by atoms with Gasteiger partial charge in [-0.05, 0) is 12.8 Å². The van der Waals surface area contributed by atoms with Crippen molar-refractivity contribution in [1.82, 2.24) is 0 Å². The third kappa shape index (κ3) is 2.80. The summed E-state index contributed by atoms with van der Waals surface area (Å²) in [7, 11) is 1.32. The Kier molecular flexibility index (Phi) is 4.89. The van der Waals surface area contributed by atoms with Gasteiger partial charge in [-0.15, -0.1) is 0 Å². The van der Waals surface area contributed by atoms with Gasteiger partial charge in [0.2, 0.25) is 0 Å². The predicted octanol–water partition coefficient (Wildman–Crippen LogP) is 1.55. The molecule has 0 saturated carbocycles. The van der Waals surface area contributed by atoms with Crippen molar-refractivity contribution in [2.75, 3.05) is 13.8 Å². The number of alkyl halides is 1. The van der Waals surface area contributed by atoms with Crippen LogP contribution in [0.4, 0.5) is 4.39 Å². The molecule has 0 aliphatic heterocycles. The van der Waals surface area contributed by atoms with Gasteiger partial charge in [-0.25, -0.2) is 0 Å². The van der Waals surface area contributed by atoms with Gasteiger partial charge in [0, 0.05) is 0 Å². The Morgan fingerprint density at radius 3 is 2.60 bits per heavy atom. The van der Waals surface area contributed by atoms with Gasteiger partial charge >= 0.3 is 5.97 Å². The average Bonchev–Trinajstić information content (AvgIpc) is 1.99. The number of ether oxygens (including phenoxy) is 1. The summed E-state index contributed by atoms with van der Waals surface area (Å²) in [5.41, 5.74) is 0. The maximum Gasteiger partial charge on any atom is 0.308 e. The monoisotopic (exact) mass is 148 g/mol. The van der Waals surface area contributed by atoms with Crippen LogP contribution in [0.2, 0.25) is 0 Å². The van der Waals surface area contributed by atoms with Crippen LogP contribution in [0, 0.1) is 5.92 Å². The molecule has 0 rings (SSSR count). The molecule has 1 unspecified atom stereocenters. The number of carbonyl (C=O) groups excluding carboxylic acids is 1. The van der Waals surface area contributed by atoms with Crippen LogP contribution >= 0.6 is 0 Å². The standard InChI is InChI=1S/C7H13FO2/c1-3-6(4-5-8)7(9)10-2/h6H,3-5H2,1-2H3. The van der Waals surface area contributed by atoms with Crippen molar-refractivity contribution in [3.8, 4) is 0 Å². The summed E-state index contributed by atoms with van der Waals surface area (Å²) in [6.45, 7) is 1.39. The van der Waals surface area contributed by atoms with Crippen molar-refractivity contribution in [1.29, 1.82) is 0 Å². The topological polar surface area (TPSA) is 26.3 Å². The van der Waals surface area contributed by atoms with E-state index in [4.69, 9.17) is 0 Å². The number of hydrogen-bond donors (Lipinski definition) is 0. The second-order valence-electron chi connectivity index (χ2n) is 2.11. The summed E-state index contributed by atoms with van der Waals surface area (Å²) in [6.07, 6.45) is 0.930. The summed E-state index contributed by atoms with van der Waals surface area (Å²) in [5, 5.41) is 0. The van der Waals surface area contributed by atoms with Gasteiger partial charge in [0.15, 0.2) is 0 Å². The quantitative estimate of drug-likeness (QED) is 0.565. The maximum absolute atomic E-state index is 11.7. The lowest BCUT2D eigenvalue weighted by molar-refractivity contribution is -0.145. The van der Waals surface area contributed by atoms with E-state index in [0.717, 1.165) is 0 Å². The smallest absolute Gasteiger partial charge is 0.308 e. The largest absolute Gasteiger partial charge is 0.469 e. The Bertz CT molecular complexity index is 104. The van der Waals surface area contributed by atoms with Crippen molar-refractivity contribution in [3.05, 3.63) is 0 Å². The Labute approximate surface area is 60.4 Å². The number of rotatable bonds is 4. The molecule has 3 heteroatoms. The van der Waals surface area contributed by atoms with Crippen molar-refractivity contribution in [2.24, 2.45) is 5.92 Å². The minimum Gasteiger partial charge on any atom is -0.469 e. The number of methoxy groups -OCH3 is 1. The number of halogens is 1.